The van der Waals surface area contributed by atoms with Crippen LogP contribution in [0.5, 0.6) is 0 Å². The van der Waals surface area contributed by atoms with Crippen LogP contribution in [0.25, 0.3) is 0 Å². The zero-order valence-corrected chi connectivity index (χ0v) is 8.45. The number of nitrogens with two attached hydrogens (primary N) is 1. The first-order valence-corrected chi connectivity index (χ1v) is 4.59. The summed E-state index contributed by atoms with van der Waals surface area (Å²) in [6, 6.07) is 5.30. The van der Waals surface area contributed by atoms with E-state index in [1.54, 1.807) is 12.1 Å². The van der Waals surface area contributed by atoms with Crippen LogP contribution in [0.1, 0.15) is 28.4 Å². The molecule has 0 heterocycles. The van der Waals surface area contributed by atoms with Crippen molar-refractivity contribution in [2.45, 2.75) is 26.3 Å². The molecule has 0 saturated heterocycles. The molecule has 0 bridgehead atoms. The fourth-order valence-corrected chi connectivity index (χ4v) is 1.45. The lowest BCUT2D eigenvalue weighted by atomic mass is 9.99. The molecule has 14 heavy (non-hydrogen) atoms. The van der Waals surface area contributed by atoms with Gasteiger partial charge in [0.1, 0.15) is 0 Å². The maximum absolute atomic E-state index is 10.9. The van der Waals surface area contributed by atoms with Crippen molar-refractivity contribution in [3.8, 4) is 0 Å². The summed E-state index contributed by atoms with van der Waals surface area (Å²) < 4.78 is 0. The molecular formula is C11H15NO2. The second kappa shape index (κ2) is 4.24. The highest BCUT2D eigenvalue weighted by atomic mass is 16.4. The van der Waals surface area contributed by atoms with Crippen LogP contribution in [0.4, 0.5) is 0 Å². The smallest absolute Gasteiger partial charge is 0.335 e. The number of hydrogen-bond donors (Lipinski definition) is 2. The molecule has 1 rings (SSSR count). The lowest BCUT2D eigenvalue weighted by Crippen LogP contribution is -2.19. The van der Waals surface area contributed by atoms with Gasteiger partial charge in [-0.15, -0.1) is 0 Å². The third-order valence-electron chi connectivity index (χ3n) is 2.03. The Morgan fingerprint density at radius 2 is 2.21 bits per heavy atom. The molecule has 0 aliphatic rings. The van der Waals surface area contributed by atoms with E-state index in [1.165, 1.54) is 0 Å². The number of aromatic carboxylic acids is 1. The summed E-state index contributed by atoms with van der Waals surface area (Å²) in [5.74, 6) is -0.888. The Kier molecular flexibility index (Phi) is 3.25. The predicted molar refractivity (Wildman–Crippen MR) is 55.5 cm³/mol. The Balaban J connectivity index is 3.09. The highest BCUT2D eigenvalue weighted by Crippen LogP contribution is 2.13. The van der Waals surface area contributed by atoms with Crippen molar-refractivity contribution in [1.29, 1.82) is 0 Å². The summed E-state index contributed by atoms with van der Waals surface area (Å²) in [5.41, 5.74) is 7.88. The Labute approximate surface area is 83.6 Å². The van der Waals surface area contributed by atoms with Crippen LogP contribution in [-0.2, 0) is 6.42 Å². The molecule has 0 aliphatic carbocycles. The molecule has 0 radical (unpaired) electrons. The molecule has 76 valence electrons. The van der Waals surface area contributed by atoms with E-state index in [4.69, 9.17) is 10.8 Å². The Morgan fingerprint density at radius 3 is 2.71 bits per heavy atom. The van der Waals surface area contributed by atoms with Crippen LogP contribution >= 0.6 is 0 Å². The van der Waals surface area contributed by atoms with Crippen LogP contribution in [0.3, 0.4) is 0 Å². The Morgan fingerprint density at radius 1 is 1.57 bits per heavy atom. The van der Waals surface area contributed by atoms with Crippen molar-refractivity contribution in [1.82, 2.24) is 0 Å². The van der Waals surface area contributed by atoms with Gasteiger partial charge in [0, 0.05) is 6.04 Å². The average molecular weight is 193 g/mol. The van der Waals surface area contributed by atoms with Crippen molar-refractivity contribution in [2.24, 2.45) is 5.73 Å². The molecule has 0 spiro atoms. The van der Waals surface area contributed by atoms with Crippen LogP contribution in [0.15, 0.2) is 18.2 Å². The summed E-state index contributed by atoms with van der Waals surface area (Å²) >= 11 is 0. The van der Waals surface area contributed by atoms with Crippen molar-refractivity contribution < 1.29 is 9.90 Å². The SMILES string of the molecule is Cc1ccc(C(=O)O)c(CC(C)N)c1. The van der Waals surface area contributed by atoms with Crippen molar-refractivity contribution in [3.63, 3.8) is 0 Å². The van der Waals surface area contributed by atoms with E-state index in [0.717, 1.165) is 11.1 Å². The van der Waals surface area contributed by atoms with Gasteiger partial charge in [-0.2, -0.15) is 0 Å². The predicted octanol–water partition coefficient (Wildman–Crippen LogP) is 1.58. The second-order valence-electron chi connectivity index (χ2n) is 3.65. The first-order chi connectivity index (χ1) is 6.50. The average Bonchev–Trinajstić information content (AvgIpc) is 2.01. The maximum Gasteiger partial charge on any atom is 0.335 e. The van der Waals surface area contributed by atoms with E-state index in [0.29, 0.717) is 12.0 Å². The lowest BCUT2D eigenvalue weighted by Gasteiger charge is -2.09. The number of rotatable bonds is 3. The summed E-state index contributed by atoms with van der Waals surface area (Å²) in [6.45, 7) is 3.81. The minimum Gasteiger partial charge on any atom is -0.478 e. The number of hydrogen-bond acceptors (Lipinski definition) is 2. The highest BCUT2D eigenvalue weighted by Gasteiger charge is 2.10. The number of benzene rings is 1. The van der Waals surface area contributed by atoms with Gasteiger partial charge in [-0.05, 0) is 31.9 Å². The topological polar surface area (TPSA) is 63.3 Å². The molecule has 1 unspecified atom stereocenters. The molecule has 1 aromatic carbocycles. The van der Waals surface area contributed by atoms with E-state index in [2.05, 4.69) is 0 Å². The minimum atomic E-state index is -0.888. The fourth-order valence-electron chi connectivity index (χ4n) is 1.45. The lowest BCUT2D eigenvalue weighted by molar-refractivity contribution is 0.0695. The van der Waals surface area contributed by atoms with E-state index in [-0.39, 0.29) is 6.04 Å². The van der Waals surface area contributed by atoms with E-state index in [1.807, 2.05) is 19.9 Å². The molecule has 0 aromatic heterocycles. The van der Waals surface area contributed by atoms with Crippen molar-refractivity contribution >= 4 is 5.97 Å². The van der Waals surface area contributed by atoms with E-state index in [9.17, 15) is 4.79 Å². The standard InChI is InChI=1S/C11H15NO2/c1-7-3-4-10(11(13)14)9(5-7)6-8(2)12/h3-5,8H,6,12H2,1-2H3,(H,13,14). The van der Waals surface area contributed by atoms with E-state index < -0.39 is 5.97 Å². The summed E-state index contributed by atoms with van der Waals surface area (Å²) in [5, 5.41) is 8.93. The molecule has 1 atom stereocenters. The Bertz CT molecular complexity index is 345. The zero-order chi connectivity index (χ0) is 10.7. The minimum absolute atomic E-state index is 0.0186. The summed E-state index contributed by atoms with van der Waals surface area (Å²) in [4.78, 5) is 10.9. The number of carbonyl (C=O) groups is 1. The summed E-state index contributed by atoms with van der Waals surface area (Å²) in [6.07, 6.45) is 0.601. The first-order valence-electron chi connectivity index (χ1n) is 4.59. The second-order valence-corrected chi connectivity index (χ2v) is 3.65. The van der Waals surface area contributed by atoms with Gasteiger partial charge in [-0.1, -0.05) is 17.7 Å². The molecule has 0 amide bonds. The molecule has 3 N–H and O–H groups in total. The maximum atomic E-state index is 10.9. The van der Waals surface area contributed by atoms with Crippen LogP contribution in [0.2, 0.25) is 0 Å². The van der Waals surface area contributed by atoms with E-state index >= 15 is 0 Å². The normalized spacial score (nSPS) is 12.5. The van der Waals surface area contributed by atoms with Crippen molar-refractivity contribution in [2.75, 3.05) is 0 Å². The fraction of sp³-hybridized carbons (Fsp3) is 0.364. The van der Waals surface area contributed by atoms with Gasteiger partial charge in [0.15, 0.2) is 0 Å². The number of carboxylic acids is 1. The van der Waals surface area contributed by atoms with Gasteiger partial charge in [0.25, 0.3) is 0 Å². The van der Waals surface area contributed by atoms with Gasteiger partial charge in [0.05, 0.1) is 5.56 Å². The van der Waals surface area contributed by atoms with Gasteiger partial charge in [0.2, 0.25) is 0 Å². The summed E-state index contributed by atoms with van der Waals surface area (Å²) in [7, 11) is 0. The quantitative estimate of drug-likeness (QED) is 0.766. The third kappa shape index (κ3) is 2.57. The molecule has 0 fully saturated rings. The molecule has 0 saturated carbocycles. The highest BCUT2D eigenvalue weighted by molar-refractivity contribution is 5.89. The monoisotopic (exact) mass is 193 g/mol. The zero-order valence-electron chi connectivity index (χ0n) is 8.45. The van der Waals surface area contributed by atoms with Crippen LogP contribution in [0, 0.1) is 6.92 Å². The van der Waals surface area contributed by atoms with Gasteiger partial charge in [-0.25, -0.2) is 4.79 Å². The number of carboxylic acid groups (broad SMARTS) is 1. The molecule has 3 nitrogen and oxygen atoms in total. The van der Waals surface area contributed by atoms with Gasteiger partial charge < -0.3 is 10.8 Å². The molecule has 1 aromatic rings. The third-order valence-corrected chi connectivity index (χ3v) is 2.03. The number of aryl methyl sites for hydroxylation is 1. The van der Waals surface area contributed by atoms with Crippen molar-refractivity contribution in [3.05, 3.63) is 34.9 Å². The molecule has 3 heteroatoms. The molecular weight excluding hydrogens is 178 g/mol. The molecule has 0 aliphatic heterocycles. The Hall–Kier alpha value is -1.35. The largest absolute Gasteiger partial charge is 0.478 e. The van der Waals surface area contributed by atoms with Gasteiger partial charge >= 0.3 is 5.97 Å². The first kappa shape index (κ1) is 10.7. The van der Waals surface area contributed by atoms with Crippen LogP contribution in [-0.4, -0.2) is 17.1 Å². The van der Waals surface area contributed by atoms with Gasteiger partial charge in [-0.3, -0.25) is 0 Å². The van der Waals surface area contributed by atoms with Crippen LogP contribution < -0.4 is 5.73 Å².